The minimum Gasteiger partial charge on any atom is -0.354 e. The van der Waals surface area contributed by atoms with E-state index in [-0.39, 0.29) is 12.4 Å². The third kappa shape index (κ3) is 4.89. The quantitative estimate of drug-likeness (QED) is 0.639. The van der Waals surface area contributed by atoms with Crippen molar-refractivity contribution in [2.75, 3.05) is 20.1 Å². The molecule has 1 saturated heterocycles. The van der Waals surface area contributed by atoms with Crippen LogP contribution in [0.15, 0.2) is 17.4 Å². The van der Waals surface area contributed by atoms with Crippen LogP contribution in [0.5, 0.6) is 0 Å². The highest BCUT2D eigenvalue weighted by Crippen LogP contribution is 2.13. The first-order valence-corrected chi connectivity index (χ1v) is 8.02. The number of hydrogen-bond donors (Lipinski definition) is 2. The van der Waals surface area contributed by atoms with Gasteiger partial charge < -0.3 is 15.5 Å². The maximum Gasteiger partial charge on any atom is 0.319 e. The van der Waals surface area contributed by atoms with Gasteiger partial charge in [-0.05, 0) is 26.7 Å². The number of guanidine groups is 1. The third-order valence-electron chi connectivity index (χ3n) is 4.20. The van der Waals surface area contributed by atoms with Crippen molar-refractivity contribution in [3.8, 4) is 0 Å². The molecule has 2 N–H and O–H groups in total. The average molecular weight is 328 g/mol. The Morgan fingerprint density at radius 3 is 2.65 bits per heavy atom. The Bertz CT molecular complexity index is 506. The molecule has 2 heterocycles. The van der Waals surface area contributed by atoms with E-state index in [1.165, 1.54) is 12.4 Å². The molecule has 1 aliphatic heterocycles. The van der Waals surface area contributed by atoms with E-state index in [1.807, 2.05) is 0 Å². The molecule has 0 atom stereocenters. The van der Waals surface area contributed by atoms with Crippen molar-refractivity contribution < 1.29 is 8.78 Å². The lowest BCUT2D eigenvalue weighted by Crippen LogP contribution is -2.49. The number of halogens is 2. The number of alkyl halides is 2. The molecule has 1 fully saturated rings. The van der Waals surface area contributed by atoms with Crippen molar-refractivity contribution in [1.29, 1.82) is 0 Å². The molecule has 0 aliphatic carbocycles. The van der Waals surface area contributed by atoms with Crippen LogP contribution >= 0.6 is 0 Å². The van der Waals surface area contributed by atoms with Crippen LogP contribution in [0, 0.1) is 0 Å². The minimum atomic E-state index is -2.58. The molecule has 0 unspecified atom stereocenters. The molecular formula is C15H26F2N6. The Hall–Kier alpha value is -1.70. The van der Waals surface area contributed by atoms with Crippen LogP contribution in [0.1, 0.15) is 39.1 Å². The van der Waals surface area contributed by atoms with E-state index in [0.29, 0.717) is 18.0 Å². The van der Waals surface area contributed by atoms with Gasteiger partial charge in [-0.3, -0.25) is 9.56 Å². The summed E-state index contributed by atoms with van der Waals surface area (Å²) >= 11 is 0. The molecule has 0 amide bonds. The van der Waals surface area contributed by atoms with E-state index in [2.05, 4.69) is 39.4 Å². The summed E-state index contributed by atoms with van der Waals surface area (Å²) in [5, 5.41) is 6.42. The van der Waals surface area contributed by atoms with E-state index in [4.69, 9.17) is 0 Å². The Balaban J connectivity index is 1.81. The second-order valence-corrected chi connectivity index (χ2v) is 6.00. The topological polar surface area (TPSA) is 57.5 Å². The summed E-state index contributed by atoms with van der Waals surface area (Å²) in [6.07, 6.45) is 4.75. The highest BCUT2D eigenvalue weighted by atomic mass is 19.3. The fourth-order valence-electron chi connectivity index (χ4n) is 2.77. The normalized spacial score (nSPS) is 18.0. The van der Waals surface area contributed by atoms with Gasteiger partial charge in [0.1, 0.15) is 5.82 Å². The number of rotatable bonds is 5. The SMILES string of the molecule is CN=C(NCc1nccn1C(F)F)NC1CCN(C(C)C)CC1. The van der Waals surface area contributed by atoms with Crippen LogP contribution in [0.3, 0.4) is 0 Å². The summed E-state index contributed by atoms with van der Waals surface area (Å²) < 4.78 is 26.4. The van der Waals surface area contributed by atoms with Gasteiger partial charge in [-0.25, -0.2) is 4.98 Å². The summed E-state index contributed by atoms with van der Waals surface area (Å²) in [4.78, 5) is 10.6. The van der Waals surface area contributed by atoms with Crippen LogP contribution in [-0.2, 0) is 6.54 Å². The van der Waals surface area contributed by atoms with Crippen molar-refractivity contribution in [1.82, 2.24) is 25.1 Å². The molecule has 23 heavy (non-hydrogen) atoms. The zero-order valence-corrected chi connectivity index (χ0v) is 14.0. The van der Waals surface area contributed by atoms with Gasteiger partial charge in [0.2, 0.25) is 0 Å². The van der Waals surface area contributed by atoms with Gasteiger partial charge in [0.25, 0.3) is 0 Å². The van der Waals surface area contributed by atoms with Crippen LogP contribution in [0.25, 0.3) is 0 Å². The molecule has 1 aliphatic rings. The summed E-state index contributed by atoms with van der Waals surface area (Å²) in [6, 6.07) is 0.924. The van der Waals surface area contributed by atoms with Crippen LogP contribution in [0.2, 0.25) is 0 Å². The van der Waals surface area contributed by atoms with Gasteiger partial charge >= 0.3 is 6.55 Å². The molecule has 0 aromatic carbocycles. The number of likely N-dealkylation sites (tertiary alicyclic amines) is 1. The fourth-order valence-corrected chi connectivity index (χ4v) is 2.77. The molecule has 2 rings (SSSR count). The fraction of sp³-hybridized carbons (Fsp3) is 0.733. The van der Waals surface area contributed by atoms with Crippen LogP contribution in [0.4, 0.5) is 8.78 Å². The van der Waals surface area contributed by atoms with Gasteiger partial charge in [0.15, 0.2) is 5.96 Å². The molecule has 6 nitrogen and oxygen atoms in total. The van der Waals surface area contributed by atoms with E-state index in [1.54, 1.807) is 7.05 Å². The molecule has 0 spiro atoms. The molecule has 1 aromatic heterocycles. The summed E-state index contributed by atoms with van der Waals surface area (Å²) in [6.45, 7) is 4.16. The first-order chi connectivity index (χ1) is 11.0. The average Bonchev–Trinajstić information content (AvgIpc) is 3.00. The van der Waals surface area contributed by atoms with Gasteiger partial charge in [-0.2, -0.15) is 8.78 Å². The third-order valence-corrected chi connectivity index (χ3v) is 4.20. The van der Waals surface area contributed by atoms with Gasteiger partial charge in [0, 0.05) is 44.6 Å². The van der Waals surface area contributed by atoms with Crippen molar-refractivity contribution in [2.45, 2.75) is 51.9 Å². The second kappa shape index (κ2) is 8.24. The first-order valence-electron chi connectivity index (χ1n) is 8.02. The molecule has 1 aromatic rings. The number of imidazole rings is 1. The smallest absolute Gasteiger partial charge is 0.319 e. The van der Waals surface area contributed by atoms with Gasteiger partial charge in [-0.1, -0.05) is 0 Å². The zero-order chi connectivity index (χ0) is 16.8. The van der Waals surface area contributed by atoms with Crippen molar-refractivity contribution >= 4 is 5.96 Å². The van der Waals surface area contributed by atoms with E-state index in [0.717, 1.165) is 30.5 Å². The number of aliphatic imine (C=N–C) groups is 1. The highest BCUT2D eigenvalue weighted by Gasteiger charge is 2.21. The summed E-state index contributed by atoms with van der Waals surface area (Å²) in [5.74, 6) is 0.911. The summed E-state index contributed by atoms with van der Waals surface area (Å²) in [7, 11) is 1.68. The largest absolute Gasteiger partial charge is 0.354 e. The highest BCUT2D eigenvalue weighted by molar-refractivity contribution is 5.79. The molecule has 0 saturated carbocycles. The number of piperidine rings is 1. The van der Waals surface area contributed by atoms with Crippen molar-refractivity contribution in [2.24, 2.45) is 4.99 Å². The monoisotopic (exact) mass is 328 g/mol. The van der Waals surface area contributed by atoms with Crippen LogP contribution in [-0.4, -0.2) is 52.6 Å². The molecule has 0 radical (unpaired) electrons. The zero-order valence-electron chi connectivity index (χ0n) is 14.0. The number of nitrogens with one attached hydrogen (secondary N) is 2. The Labute approximate surface area is 136 Å². The predicted molar refractivity (Wildman–Crippen MR) is 86.5 cm³/mol. The Morgan fingerprint density at radius 1 is 1.39 bits per heavy atom. The van der Waals surface area contributed by atoms with Crippen molar-refractivity contribution in [3.63, 3.8) is 0 Å². The molecule has 8 heteroatoms. The lowest BCUT2D eigenvalue weighted by Gasteiger charge is -2.35. The van der Waals surface area contributed by atoms with E-state index >= 15 is 0 Å². The lowest BCUT2D eigenvalue weighted by atomic mass is 10.0. The summed E-state index contributed by atoms with van der Waals surface area (Å²) in [5.41, 5.74) is 0. The van der Waals surface area contributed by atoms with E-state index < -0.39 is 6.55 Å². The Kier molecular flexibility index (Phi) is 6.32. The number of nitrogens with zero attached hydrogens (tertiary/aromatic N) is 4. The van der Waals surface area contributed by atoms with E-state index in [9.17, 15) is 8.78 Å². The lowest BCUT2D eigenvalue weighted by molar-refractivity contribution is 0.0668. The minimum absolute atomic E-state index is 0.210. The molecule has 130 valence electrons. The number of hydrogen-bond acceptors (Lipinski definition) is 3. The Morgan fingerprint density at radius 2 is 2.09 bits per heavy atom. The number of aromatic nitrogens is 2. The molecular weight excluding hydrogens is 302 g/mol. The predicted octanol–water partition coefficient (Wildman–Crippen LogP) is 1.82. The van der Waals surface area contributed by atoms with Gasteiger partial charge in [-0.15, -0.1) is 0 Å². The maximum absolute atomic E-state index is 12.8. The first kappa shape index (κ1) is 17.7. The maximum atomic E-state index is 12.8. The second-order valence-electron chi connectivity index (χ2n) is 6.00. The molecule has 0 bridgehead atoms. The standard InChI is InChI=1S/C15H26F2N6/c1-11(2)22-7-4-12(5-8-22)21-15(18-3)20-10-13-19-6-9-23(13)14(16)17/h6,9,11-12,14H,4-5,7-8,10H2,1-3H3,(H2,18,20,21). The van der Waals surface area contributed by atoms with Gasteiger partial charge in [0.05, 0.1) is 6.54 Å². The van der Waals surface area contributed by atoms with Crippen molar-refractivity contribution in [3.05, 3.63) is 18.2 Å². The van der Waals surface area contributed by atoms with Crippen LogP contribution < -0.4 is 10.6 Å².